The zero-order valence-electron chi connectivity index (χ0n) is 19.1. The van der Waals surface area contributed by atoms with Crippen molar-refractivity contribution < 1.29 is 27.6 Å². The van der Waals surface area contributed by atoms with Crippen molar-refractivity contribution in [3.05, 3.63) is 70.6 Å². The largest absolute Gasteiger partial charge is 0.435 e. The minimum absolute atomic E-state index is 0.383. The quantitative estimate of drug-likeness (QED) is 0.473. The predicted molar refractivity (Wildman–Crippen MR) is 122 cm³/mol. The molecule has 1 unspecified atom stereocenters. The third-order valence-corrected chi connectivity index (χ3v) is 5.28. The molecule has 0 fully saturated rings. The first-order chi connectivity index (χ1) is 16.1. The van der Waals surface area contributed by atoms with Gasteiger partial charge in [-0.2, -0.15) is 18.3 Å². The molecule has 0 radical (unpaired) electrons. The van der Waals surface area contributed by atoms with E-state index < -0.39 is 28.8 Å². The van der Waals surface area contributed by atoms with Gasteiger partial charge in [-0.25, -0.2) is 0 Å². The van der Waals surface area contributed by atoms with E-state index in [0.29, 0.717) is 23.2 Å². The molecule has 180 valence electrons. The number of rotatable bonds is 7. The number of aryl methyl sites for hydroxylation is 1. The number of hydrogen-bond donors (Lipinski definition) is 1. The molecule has 11 heteroatoms. The molecule has 34 heavy (non-hydrogen) atoms. The number of carbonyl (C=O) groups is 1. The van der Waals surface area contributed by atoms with Gasteiger partial charge in [-0.15, -0.1) is 0 Å². The van der Waals surface area contributed by atoms with Crippen LogP contribution in [-0.4, -0.2) is 42.3 Å². The third-order valence-electron chi connectivity index (χ3n) is 5.28. The maximum Gasteiger partial charge on any atom is 0.435 e. The number of benzene rings is 1. The topological polar surface area (TPSA) is 90.1 Å². The molecule has 1 heterocycles. The summed E-state index contributed by atoms with van der Waals surface area (Å²) in [6, 6.07) is 6.95. The number of amides is 1. The third kappa shape index (κ3) is 5.36. The molecule has 8 nitrogen and oxygen atoms in total. The standard InChI is InChI=1S/C23H24F3N5O3/c1-22(10-9-15(12-27-33-3)16(11-22)13-28-34-4)18-7-5-6-8-19(18)29-21(32)17-14-31(2)30-20(17)23(24,25)26/h5-9,11-14H,10H2,1-4H3,(H,29,32)/b27-12-,28-13+. The number of para-hydroxylation sites is 1. The summed E-state index contributed by atoms with van der Waals surface area (Å²) in [5.74, 6) is -0.902. The summed E-state index contributed by atoms with van der Waals surface area (Å²) >= 11 is 0. The van der Waals surface area contributed by atoms with Gasteiger partial charge in [0.05, 0.1) is 18.0 Å². The summed E-state index contributed by atoms with van der Waals surface area (Å²) in [7, 11) is 4.18. The van der Waals surface area contributed by atoms with Crippen molar-refractivity contribution in [1.29, 1.82) is 0 Å². The molecule has 1 aromatic carbocycles. The summed E-state index contributed by atoms with van der Waals surface area (Å²) < 4.78 is 41.0. The fourth-order valence-electron chi connectivity index (χ4n) is 3.71. The molecule has 0 saturated heterocycles. The van der Waals surface area contributed by atoms with Gasteiger partial charge in [0.2, 0.25) is 0 Å². The van der Waals surface area contributed by atoms with E-state index in [1.54, 1.807) is 24.4 Å². The number of anilines is 1. The van der Waals surface area contributed by atoms with Gasteiger partial charge in [0.25, 0.3) is 5.91 Å². The van der Waals surface area contributed by atoms with Gasteiger partial charge < -0.3 is 15.0 Å². The second-order valence-electron chi connectivity index (χ2n) is 7.78. The summed E-state index contributed by atoms with van der Waals surface area (Å²) in [5, 5.41) is 13.7. The van der Waals surface area contributed by atoms with Crippen LogP contribution in [0.2, 0.25) is 0 Å². The molecule has 0 aliphatic heterocycles. The van der Waals surface area contributed by atoms with Crippen molar-refractivity contribution in [1.82, 2.24) is 9.78 Å². The lowest BCUT2D eigenvalue weighted by Gasteiger charge is -2.32. The summed E-state index contributed by atoms with van der Waals surface area (Å²) in [6.07, 6.45) is 3.75. The normalized spacial score (nSPS) is 18.7. The highest BCUT2D eigenvalue weighted by molar-refractivity contribution is 6.05. The van der Waals surface area contributed by atoms with Crippen molar-refractivity contribution in [3.63, 3.8) is 0 Å². The number of alkyl halides is 3. The Balaban J connectivity index is 1.99. The maximum atomic E-state index is 13.3. The van der Waals surface area contributed by atoms with Crippen LogP contribution in [0.15, 0.2) is 64.1 Å². The molecule has 1 aliphatic carbocycles. The smallest absolute Gasteiger partial charge is 0.399 e. The Morgan fingerprint density at radius 2 is 1.82 bits per heavy atom. The number of allylic oxidation sites excluding steroid dienone is 4. The Hall–Kier alpha value is -3.89. The Labute approximate surface area is 194 Å². The van der Waals surface area contributed by atoms with E-state index in [2.05, 4.69) is 20.7 Å². The summed E-state index contributed by atoms with van der Waals surface area (Å²) in [4.78, 5) is 22.4. The number of carbonyl (C=O) groups excluding carboxylic acids is 1. The lowest BCUT2D eigenvalue weighted by molar-refractivity contribution is -0.141. The molecular weight excluding hydrogens is 451 g/mol. The first-order valence-electron chi connectivity index (χ1n) is 10.2. The number of hydrogen-bond acceptors (Lipinski definition) is 6. The zero-order chi connectivity index (χ0) is 24.9. The van der Waals surface area contributed by atoms with E-state index in [-0.39, 0.29) is 0 Å². The highest BCUT2D eigenvalue weighted by Gasteiger charge is 2.39. The van der Waals surface area contributed by atoms with Crippen molar-refractivity contribution in [2.45, 2.75) is 24.9 Å². The van der Waals surface area contributed by atoms with Crippen LogP contribution in [0.5, 0.6) is 0 Å². The van der Waals surface area contributed by atoms with Gasteiger partial charge in [-0.05, 0) is 18.1 Å². The van der Waals surface area contributed by atoms with Crippen LogP contribution in [0.1, 0.15) is 35.0 Å². The maximum absolute atomic E-state index is 13.3. The van der Waals surface area contributed by atoms with Crippen molar-refractivity contribution in [3.8, 4) is 0 Å². The fraction of sp³-hybridized carbons (Fsp3) is 0.304. The van der Waals surface area contributed by atoms with Gasteiger partial charge in [-0.3, -0.25) is 9.48 Å². The van der Waals surface area contributed by atoms with Crippen LogP contribution in [0.4, 0.5) is 18.9 Å². The van der Waals surface area contributed by atoms with Crippen molar-refractivity contribution >= 4 is 24.0 Å². The second-order valence-corrected chi connectivity index (χ2v) is 7.78. The predicted octanol–water partition coefficient (Wildman–Crippen LogP) is 4.47. The monoisotopic (exact) mass is 475 g/mol. The molecule has 3 rings (SSSR count). The van der Waals surface area contributed by atoms with E-state index in [1.165, 1.54) is 27.5 Å². The summed E-state index contributed by atoms with van der Waals surface area (Å²) in [6.45, 7) is 1.95. The van der Waals surface area contributed by atoms with Gasteiger partial charge in [0.15, 0.2) is 5.69 Å². The molecule has 0 bridgehead atoms. The number of nitrogens with zero attached hydrogens (tertiary/aromatic N) is 4. The van der Waals surface area contributed by atoms with Crippen LogP contribution in [-0.2, 0) is 28.3 Å². The van der Waals surface area contributed by atoms with E-state index in [1.807, 2.05) is 25.1 Å². The van der Waals surface area contributed by atoms with Gasteiger partial charge in [0, 0.05) is 35.5 Å². The molecule has 1 aromatic heterocycles. The molecule has 0 saturated carbocycles. The lowest BCUT2D eigenvalue weighted by Crippen LogP contribution is -2.26. The van der Waals surface area contributed by atoms with Crippen LogP contribution in [0.3, 0.4) is 0 Å². The molecule has 0 spiro atoms. The van der Waals surface area contributed by atoms with Crippen LogP contribution < -0.4 is 5.32 Å². The van der Waals surface area contributed by atoms with Crippen molar-refractivity contribution in [2.24, 2.45) is 17.4 Å². The van der Waals surface area contributed by atoms with Crippen LogP contribution in [0, 0.1) is 0 Å². The molecule has 1 amide bonds. The van der Waals surface area contributed by atoms with Crippen LogP contribution in [0.25, 0.3) is 0 Å². The minimum Gasteiger partial charge on any atom is -0.399 e. The fourth-order valence-corrected chi connectivity index (χ4v) is 3.71. The Kier molecular flexibility index (Phi) is 7.23. The highest BCUT2D eigenvalue weighted by Crippen LogP contribution is 2.40. The average molecular weight is 475 g/mol. The van der Waals surface area contributed by atoms with E-state index in [9.17, 15) is 18.0 Å². The van der Waals surface area contributed by atoms with E-state index >= 15 is 0 Å². The number of nitrogens with one attached hydrogen (secondary N) is 1. The number of aromatic nitrogens is 2. The van der Waals surface area contributed by atoms with Gasteiger partial charge >= 0.3 is 6.18 Å². The zero-order valence-corrected chi connectivity index (χ0v) is 19.1. The summed E-state index contributed by atoms with van der Waals surface area (Å²) in [5.41, 5.74) is 0.134. The lowest BCUT2D eigenvalue weighted by atomic mass is 9.73. The number of halogens is 3. The van der Waals surface area contributed by atoms with Gasteiger partial charge in [-0.1, -0.05) is 47.6 Å². The van der Waals surface area contributed by atoms with E-state index in [4.69, 9.17) is 9.68 Å². The van der Waals surface area contributed by atoms with Crippen molar-refractivity contribution in [2.75, 3.05) is 19.5 Å². The molecule has 2 aromatic rings. The van der Waals surface area contributed by atoms with Gasteiger partial charge in [0.1, 0.15) is 14.2 Å². The first kappa shape index (κ1) is 24.7. The highest BCUT2D eigenvalue weighted by atomic mass is 19.4. The average Bonchev–Trinajstić information content (AvgIpc) is 3.20. The Bertz CT molecular complexity index is 1180. The number of oxime groups is 2. The molecule has 1 N–H and O–H groups in total. The SMILES string of the molecule is CO/N=C\C1=CCC(C)(c2ccccc2NC(=O)c2cn(C)nc2C(F)(F)F)C=C1/C=N/OC. The van der Waals surface area contributed by atoms with Crippen LogP contribution >= 0.6 is 0 Å². The molecule has 1 atom stereocenters. The molecule has 1 aliphatic rings. The van der Waals surface area contributed by atoms with E-state index in [0.717, 1.165) is 16.5 Å². The Morgan fingerprint density at radius 3 is 2.47 bits per heavy atom. The first-order valence-corrected chi connectivity index (χ1v) is 10.2. The Morgan fingerprint density at radius 1 is 1.18 bits per heavy atom. The molecular formula is C23H24F3N5O3. The second kappa shape index (κ2) is 9.94. The minimum atomic E-state index is -4.76.